The average molecular weight is 495 g/mol. The van der Waals surface area contributed by atoms with E-state index in [1.54, 1.807) is 43.2 Å². The van der Waals surface area contributed by atoms with Crippen LogP contribution in [-0.4, -0.2) is 70.4 Å². The molecule has 3 amide bonds. The maximum atomic E-state index is 13.1. The van der Waals surface area contributed by atoms with E-state index < -0.39 is 6.09 Å². The first-order valence-electron chi connectivity index (χ1n) is 12.6. The number of carbonyl (C=O) groups excluding carboxylic acids is 3. The molecule has 1 aromatic rings. The van der Waals surface area contributed by atoms with Crippen molar-refractivity contribution in [1.82, 2.24) is 14.7 Å². The lowest BCUT2D eigenvalue weighted by molar-refractivity contribution is -0.128. The Morgan fingerprint density at radius 3 is 2.42 bits per heavy atom. The third kappa shape index (κ3) is 6.23. The molecule has 2 aliphatic rings. The number of ether oxygens (including phenoxy) is 1. The summed E-state index contributed by atoms with van der Waals surface area (Å²) in [5.41, 5.74) is 8.62. The zero-order valence-electron chi connectivity index (χ0n) is 21.8. The number of hydrogen-bond acceptors (Lipinski definition) is 5. The highest BCUT2D eigenvalue weighted by Crippen LogP contribution is 2.26. The summed E-state index contributed by atoms with van der Waals surface area (Å²) in [5, 5.41) is 0. The molecule has 0 saturated carbocycles. The topological polar surface area (TPSA) is 96.2 Å². The number of nitrogens with zero attached hydrogens (tertiary/aromatic N) is 3. The van der Waals surface area contributed by atoms with Crippen LogP contribution >= 0.6 is 0 Å². The van der Waals surface area contributed by atoms with Gasteiger partial charge < -0.3 is 20.3 Å². The minimum Gasteiger partial charge on any atom is -0.446 e. The van der Waals surface area contributed by atoms with Gasteiger partial charge in [-0.05, 0) is 69.4 Å². The molecule has 0 unspecified atom stereocenters. The van der Waals surface area contributed by atoms with Crippen LogP contribution in [0.15, 0.2) is 54.9 Å². The molecule has 1 fully saturated rings. The van der Waals surface area contributed by atoms with Gasteiger partial charge in [0.15, 0.2) is 0 Å². The summed E-state index contributed by atoms with van der Waals surface area (Å²) < 4.78 is 5.44. The number of rotatable bonds is 6. The quantitative estimate of drug-likeness (QED) is 0.600. The monoisotopic (exact) mass is 494 g/mol. The van der Waals surface area contributed by atoms with Crippen molar-refractivity contribution >= 4 is 23.5 Å². The van der Waals surface area contributed by atoms with E-state index in [1.165, 1.54) is 11.8 Å². The van der Waals surface area contributed by atoms with Gasteiger partial charge in [-0.3, -0.25) is 14.5 Å². The van der Waals surface area contributed by atoms with Gasteiger partial charge in [-0.1, -0.05) is 24.8 Å². The molecule has 0 aromatic heterocycles. The molecule has 2 heterocycles. The van der Waals surface area contributed by atoms with Crippen LogP contribution in [0.1, 0.15) is 62.9 Å². The van der Waals surface area contributed by atoms with E-state index in [-0.39, 0.29) is 30.0 Å². The Kier molecular flexibility index (Phi) is 9.09. The number of allylic oxidation sites excluding steroid dienone is 3. The second-order valence-electron chi connectivity index (χ2n) is 9.64. The summed E-state index contributed by atoms with van der Waals surface area (Å²) in [7, 11) is 0. The number of amides is 3. The predicted molar refractivity (Wildman–Crippen MR) is 141 cm³/mol. The highest BCUT2D eigenvalue weighted by molar-refractivity contribution is 5.95. The SMILES string of the molecule is C=C/C(=C\C1=CN(C(C)=O)[C@@H](C)CN1C(=O)OC(C)C)c1ccc(C(=O)N2CCCC[C@@H]2CN)cc1. The second-order valence-corrected chi connectivity index (χ2v) is 9.64. The van der Waals surface area contributed by atoms with Crippen LogP contribution in [0.2, 0.25) is 0 Å². The molecule has 2 atom stereocenters. The van der Waals surface area contributed by atoms with E-state index in [0.717, 1.165) is 36.9 Å². The number of hydrogen-bond donors (Lipinski definition) is 1. The second kappa shape index (κ2) is 12.0. The summed E-state index contributed by atoms with van der Waals surface area (Å²) in [6, 6.07) is 7.24. The first kappa shape index (κ1) is 27.2. The van der Waals surface area contributed by atoms with E-state index in [4.69, 9.17) is 10.5 Å². The van der Waals surface area contributed by atoms with E-state index in [2.05, 4.69) is 6.58 Å². The van der Waals surface area contributed by atoms with Gasteiger partial charge >= 0.3 is 6.09 Å². The molecule has 8 heteroatoms. The van der Waals surface area contributed by atoms with Crippen LogP contribution in [0.5, 0.6) is 0 Å². The minimum absolute atomic E-state index is 0.00971. The van der Waals surface area contributed by atoms with Gasteiger partial charge in [0.25, 0.3) is 5.91 Å². The van der Waals surface area contributed by atoms with Crippen molar-refractivity contribution in [3.8, 4) is 0 Å². The van der Waals surface area contributed by atoms with Gasteiger partial charge in [0, 0.05) is 44.4 Å². The van der Waals surface area contributed by atoms with Gasteiger partial charge in [-0.15, -0.1) is 0 Å². The molecule has 0 bridgehead atoms. The molecule has 0 radical (unpaired) electrons. The largest absolute Gasteiger partial charge is 0.446 e. The molecule has 8 nitrogen and oxygen atoms in total. The van der Waals surface area contributed by atoms with Crippen molar-refractivity contribution in [2.24, 2.45) is 5.73 Å². The molecular weight excluding hydrogens is 456 g/mol. The van der Waals surface area contributed by atoms with Crippen molar-refractivity contribution in [3.63, 3.8) is 0 Å². The molecule has 0 spiro atoms. The van der Waals surface area contributed by atoms with E-state index in [0.29, 0.717) is 24.4 Å². The Morgan fingerprint density at radius 1 is 1.17 bits per heavy atom. The number of benzene rings is 1. The van der Waals surface area contributed by atoms with Gasteiger partial charge in [0.2, 0.25) is 5.91 Å². The molecule has 0 aliphatic carbocycles. The fraction of sp³-hybridized carbons (Fsp3) is 0.464. The minimum atomic E-state index is -0.470. The predicted octanol–water partition coefficient (Wildman–Crippen LogP) is 4.15. The number of likely N-dealkylation sites (tertiary alicyclic amines) is 1. The van der Waals surface area contributed by atoms with E-state index >= 15 is 0 Å². The molecular formula is C28H38N4O4. The van der Waals surface area contributed by atoms with Gasteiger partial charge in [0.1, 0.15) is 0 Å². The Balaban J connectivity index is 1.90. The van der Waals surface area contributed by atoms with Gasteiger partial charge in [-0.25, -0.2) is 4.79 Å². The van der Waals surface area contributed by atoms with Crippen molar-refractivity contribution in [2.75, 3.05) is 19.6 Å². The Bertz CT molecular complexity index is 1040. The summed E-state index contributed by atoms with van der Waals surface area (Å²) in [4.78, 5) is 43.1. The Morgan fingerprint density at radius 2 is 1.83 bits per heavy atom. The van der Waals surface area contributed by atoms with Crippen LogP contribution in [0.3, 0.4) is 0 Å². The fourth-order valence-electron chi connectivity index (χ4n) is 4.66. The summed E-state index contributed by atoms with van der Waals surface area (Å²) >= 11 is 0. The average Bonchev–Trinajstić information content (AvgIpc) is 2.86. The highest BCUT2D eigenvalue weighted by Gasteiger charge is 2.31. The molecule has 3 rings (SSSR count). The van der Waals surface area contributed by atoms with Crippen molar-refractivity contribution in [1.29, 1.82) is 0 Å². The third-order valence-corrected chi connectivity index (χ3v) is 6.57. The third-order valence-electron chi connectivity index (χ3n) is 6.57. The summed E-state index contributed by atoms with van der Waals surface area (Å²) in [6.45, 7) is 12.4. The first-order chi connectivity index (χ1) is 17.2. The highest BCUT2D eigenvalue weighted by atomic mass is 16.6. The lowest BCUT2D eigenvalue weighted by Crippen LogP contribution is -2.48. The Labute approximate surface area is 214 Å². The summed E-state index contributed by atoms with van der Waals surface area (Å²) in [5.74, 6) is -0.119. The number of piperidine rings is 1. The van der Waals surface area contributed by atoms with Crippen LogP contribution in [0, 0.1) is 0 Å². The molecule has 1 aromatic carbocycles. The lowest BCUT2D eigenvalue weighted by Gasteiger charge is -2.37. The maximum Gasteiger partial charge on any atom is 0.414 e. The van der Waals surface area contributed by atoms with Crippen molar-refractivity contribution < 1.29 is 19.1 Å². The fourth-order valence-corrected chi connectivity index (χ4v) is 4.66. The maximum absolute atomic E-state index is 13.1. The van der Waals surface area contributed by atoms with Crippen LogP contribution in [0.4, 0.5) is 4.79 Å². The molecule has 1 saturated heterocycles. The molecule has 2 N–H and O–H groups in total. The molecule has 194 valence electrons. The lowest BCUT2D eigenvalue weighted by atomic mass is 9.99. The molecule has 2 aliphatic heterocycles. The summed E-state index contributed by atoms with van der Waals surface area (Å²) in [6.07, 6.45) is 7.44. The van der Waals surface area contributed by atoms with Gasteiger partial charge in [0.05, 0.1) is 17.8 Å². The van der Waals surface area contributed by atoms with Crippen molar-refractivity contribution in [3.05, 3.63) is 66.0 Å². The normalized spacial score (nSPS) is 20.8. The van der Waals surface area contributed by atoms with Crippen LogP contribution in [0.25, 0.3) is 5.57 Å². The molecule has 36 heavy (non-hydrogen) atoms. The van der Waals surface area contributed by atoms with Gasteiger partial charge in [-0.2, -0.15) is 0 Å². The van der Waals surface area contributed by atoms with Crippen molar-refractivity contribution in [2.45, 2.75) is 65.1 Å². The number of carbonyl (C=O) groups is 3. The standard InChI is InChI=1S/C28H38N4O4/c1-6-22(15-26-18-31(21(5)33)20(4)17-32(26)28(35)36-19(2)3)23-10-12-24(13-11-23)27(34)30-14-8-7-9-25(30)16-29/h6,10-13,15,18-20,25H,1,7-9,14,16-17,29H2,2-5H3/b22-15+/t20-,25+/m0/s1. The van der Waals surface area contributed by atoms with Crippen LogP contribution in [-0.2, 0) is 9.53 Å². The zero-order chi connectivity index (χ0) is 26.4. The number of nitrogens with two attached hydrogens (primary N) is 1. The Hall–Kier alpha value is -3.39. The van der Waals surface area contributed by atoms with E-state index in [9.17, 15) is 14.4 Å². The zero-order valence-corrected chi connectivity index (χ0v) is 21.8. The van der Waals surface area contributed by atoms with Crippen LogP contribution < -0.4 is 5.73 Å². The smallest absolute Gasteiger partial charge is 0.414 e. The first-order valence-corrected chi connectivity index (χ1v) is 12.6. The van der Waals surface area contributed by atoms with E-state index in [1.807, 2.05) is 30.0 Å².